The second-order valence-corrected chi connectivity index (χ2v) is 2.43. The van der Waals surface area contributed by atoms with E-state index < -0.39 is 17.3 Å². The zero-order chi connectivity index (χ0) is 10.6. The standard InChI is InChI=1S/C9H7NO4.K/c11-7-5-3-1-2-4-6(7)10-8(12)9(13)14;/h1-5H,(H,13,14)(H,10,11,12);/q;+1/p-1. The Hall–Kier alpha value is -0.534. The van der Waals surface area contributed by atoms with Crippen molar-refractivity contribution in [2.24, 2.45) is 0 Å². The van der Waals surface area contributed by atoms with Gasteiger partial charge >= 0.3 is 51.4 Å². The van der Waals surface area contributed by atoms with Crippen LogP contribution in [0.15, 0.2) is 35.1 Å². The van der Waals surface area contributed by atoms with Crippen molar-refractivity contribution in [1.82, 2.24) is 0 Å². The fourth-order valence-electron chi connectivity index (χ4n) is 0.807. The first-order valence-corrected chi connectivity index (χ1v) is 3.73. The molecular formula is C9H6KNO4. The van der Waals surface area contributed by atoms with Gasteiger partial charge in [-0.25, -0.2) is 0 Å². The predicted molar refractivity (Wildman–Crippen MR) is 46.3 cm³/mol. The zero-order valence-electron chi connectivity index (χ0n) is 8.02. The minimum absolute atomic E-state index is 0. The molecule has 5 nitrogen and oxygen atoms in total. The van der Waals surface area contributed by atoms with Gasteiger partial charge in [-0.15, -0.1) is 0 Å². The molecule has 0 aromatic heterocycles. The Labute approximate surface area is 128 Å². The van der Waals surface area contributed by atoms with E-state index in [9.17, 15) is 19.5 Å². The normalized spacial score (nSPS) is 8.53. The fourth-order valence-corrected chi connectivity index (χ4v) is 0.807. The summed E-state index contributed by atoms with van der Waals surface area (Å²) in [5.74, 6) is -3.22. The van der Waals surface area contributed by atoms with Crippen molar-refractivity contribution in [3.05, 3.63) is 40.6 Å². The molecular weight excluding hydrogens is 225 g/mol. The Balaban J connectivity index is 0.00000196. The van der Waals surface area contributed by atoms with Gasteiger partial charge in [0, 0.05) is 0 Å². The molecule has 0 aliphatic carbocycles. The summed E-state index contributed by atoms with van der Waals surface area (Å²) in [6, 6.07) is 7.09. The molecule has 0 aliphatic heterocycles. The number of carbonyl (C=O) groups excluding carboxylic acids is 2. The molecule has 15 heavy (non-hydrogen) atoms. The summed E-state index contributed by atoms with van der Waals surface area (Å²) in [6.45, 7) is 0. The van der Waals surface area contributed by atoms with Crippen LogP contribution in [0, 0.1) is 0 Å². The van der Waals surface area contributed by atoms with E-state index in [4.69, 9.17) is 0 Å². The second-order valence-electron chi connectivity index (χ2n) is 2.43. The number of carbonyl (C=O) groups is 2. The number of amides is 1. The summed E-state index contributed by atoms with van der Waals surface area (Å²) in [6.07, 6.45) is 0. The van der Waals surface area contributed by atoms with Crippen LogP contribution in [0.1, 0.15) is 0 Å². The van der Waals surface area contributed by atoms with E-state index in [1.807, 2.05) is 5.32 Å². The van der Waals surface area contributed by atoms with Crippen LogP contribution in [-0.2, 0) is 9.59 Å². The van der Waals surface area contributed by atoms with Gasteiger partial charge in [-0.1, -0.05) is 18.2 Å². The van der Waals surface area contributed by atoms with Crippen LogP contribution in [0.25, 0.3) is 0 Å². The molecule has 1 N–H and O–H groups in total. The third-order valence-electron chi connectivity index (χ3n) is 1.43. The number of nitrogens with one attached hydrogen (secondary N) is 1. The molecule has 1 aromatic carbocycles. The largest absolute Gasteiger partial charge is 1.00 e. The average molecular weight is 231 g/mol. The van der Waals surface area contributed by atoms with E-state index in [0.717, 1.165) is 0 Å². The molecule has 1 amide bonds. The molecule has 1 aromatic rings. The summed E-state index contributed by atoms with van der Waals surface area (Å²) in [5, 5.41) is 12.0. The number of anilines is 1. The molecule has 0 atom stereocenters. The Morgan fingerprint density at radius 3 is 2.33 bits per heavy atom. The molecule has 0 aliphatic rings. The third kappa shape index (κ3) is 4.67. The van der Waals surface area contributed by atoms with Gasteiger partial charge in [-0.2, -0.15) is 0 Å². The van der Waals surface area contributed by atoms with Gasteiger partial charge < -0.3 is 15.2 Å². The van der Waals surface area contributed by atoms with Crippen molar-refractivity contribution >= 4 is 17.6 Å². The summed E-state index contributed by atoms with van der Waals surface area (Å²) >= 11 is 0. The predicted octanol–water partition coefficient (Wildman–Crippen LogP) is -4.26. The van der Waals surface area contributed by atoms with E-state index in [1.54, 1.807) is 6.07 Å². The molecule has 0 heterocycles. The van der Waals surface area contributed by atoms with Crippen molar-refractivity contribution in [2.45, 2.75) is 0 Å². The Kier molecular flexibility index (Phi) is 6.62. The minimum atomic E-state index is -1.88. The van der Waals surface area contributed by atoms with Crippen molar-refractivity contribution < 1.29 is 66.1 Å². The van der Waals surface area contributed by atoms with Crippen molar-refractivity contribution in [3.63, 3.8) is 0 Å². The number of hydrogen-bond acceptors (Lipinski definition) is 4. The van der Waals surface area contributed by atoms with Gasteiger partial charge in [0.05, 0.1) is 5.69 Å². The monoisotopic (exact) mass is 231 g/mol. The molecule has 0 unspecified atom stereocenters. The van der Waals surface area contributed by atoms with Crippen molar-refractivity contribution in [2.75, 3.05) is 5.32 Å². The number of rotatable bonds is 1. The summed E-state index contributed by atoms with van der Waals surface area (Å²) < 4.78 is 0. The summed E-state index contributed by atoms with van der Waals surface area (Å²) in [4.78, 5) is 31.9. The van der Waals surface area contributed by atoms with Crippen LogP contribution < -0.4 is 67.2 Å². The Morgan fingerprint density at radius 1 is 1.13 bits per heavy atom. The Morgan fingerprint density at radius 2 is 1.73 bits per heavy atom. The SMILES string of the molecule is O=C([O-])C(=O)Nc1cccccc1=O.[K+]. The van der Waals surface area contributed by atoms with Gasteiger partial charge in [0.2, 0.25) is 5.43 Å². The summed E-state index contributed by atoms with van der Waals surface area (Å²) in [7, 11) is 0. The van der Waals surface area contributed by atoms with Crippen LogP contribution in [0.2, 0.25) is 0 Å². The van der Waals surface area contributed by atoms with E-state index in [1.165, 1.54) is 24.3 Å². The molecule has 0 radical (unpaired) electrons. The smallest absolute Gasteiger partial charge is 0.540 e. The molecule has 0 bridgehead atoms. The molecule has 0 fully saturated rings. The van der Waals surface area contributed by atoms with Crippen LogP contribution in [0.3, 0.4) is 0 Å². The second kappa shape index (κ2) is 6.86. The minimum Gasteiger partial charge on any atom is -0.540 e. The van der Waals surface area contributed by atoms with Gasteiger partial charge in [-0.3, -0.25) is 9.59 Å². The Bertz CT molecular complexity index is 433. The molecule has 0 saturated heterocycles. The van der Waals surface area contributed by atoms with Crippen LogP contribution in [-0.4, -0.2) is 11.9 Å². The van der Waals surface area contributed by atoms with E-state index in [-0.39, 0.29) is 57.1 Å². The quantitative estimate of drug-likeness (QED) is 0.392. The zero-order valence-corrected chi connectivity index (χ0v) is 11.1. The first kappa shape index (κ1) is 14.5. The molecule has 1 rings (SSSR count). The van der Waals surface area contributed by atoms with Gasteiger partial charge in [0.1, 0.15) is 5.97 Å². The number of carboxylic acids is 1. The van der Waals surface area contributed by atoms with Crippen LogP contribution in [0.5, 0.6) is 0 Å². The maximum absolute atomic E-state index is 11.1. The van der Waals surface area contributed by atoms with E-state index in [2.05, 4.69) is 0 Å². The number of carboxylic acid groups (broad SMARTS) is 1. The van der Waals surface area contributed by atoms with E-state index >= 15 is 0 Å². The van der Waals surface area contributed by atoms with Crippen molar-refractivity contribution in [3.8, 4) is 0 Å². The average Bonchev–Trinajstić information content (AvgIpc) is 2.32. The number of hydrogen-bond donors (Lipinski definition) is 1. The first-order chi connectivity index (χ1) is 6.61. The molecule has 0 saturated carbocycles. The van der Waals surface area contributed by atoms with Gasteiger partial charge in [0.25, 0.3) is 5.91 Å². The van der Waals surface area contributed by atoms with Crippen molar-refractivity contribution in [1.29, 1.82) is 0 Å². The van der Waals surface area contributed by atoms with Crippen LogP contribution in [0.4, 0.5) is 5.69 Å². The van der Waals surface area contributed by atoms with Gasteiger partial charge in [-0.05, 0) is 12.1 Å². The van der Waals surface area contributed by atoms with E-state index in [0.29, 0.717) is 0 Å². The molecule has 72 valence electrons. The maximum Gasteiger partial charge on any atom is 1.00 e. The molecule has 0 spiro atoms. The summed E-state index contributed by atoms with van der Waals surface area (Å²) in [5.41, 5.74) is -0.561. The number of aliphatic carboxylic acids is 1. The fraction of sp³-hybridized carbons (Fsp3) is 0. The van der Waals surface area contributed by atoms with Crippen LogP contribution >= 0.6 is 0 Å². The molecule has 6 heteroatoms. The topological polar surface area (TPSA) is 86.3 Å². The van der Waals surface area contributed by atoms with Gasteiger partial charge in [0.15, 0.2) is 0 Å². The first-order valence-electron chi connectivity index (χ1n) is 3.73. The third-order valence-corrected chi connectivity index (χ3v) is 1.43. The maximum atomic E-state index is 11.1.